The van der Waals surface area contributed by atoms with Crippen LogP contribution >= 0.6 is 11.3 Å². The summed E-state index contributed by atoms with van der Waals surface area (Å²) >= 11 is 1.43. The number of benzene rings is 1. The van der Waals surface area contributed by atoms with Crippen molar-refractivity contribution in [3.05, 3.63) is 57.1 Å². The standard InChI is InChI=1S/C17H14F2N2O2S/c1-9-2-5-11-13(7-3-9)24-14(21-11)8-23-12-6-4-10(18)15(16(12)19)17(20)22/h2-7,9H,8H2,1H3,(H2,20,22). The Labute approximate surface area is 141 Å². The van der Waals surface area contributed by atoms with Crippen LogP contribution in [0.3, 0.4) is 0 Å². The molecule has 24 heavy (non-hydrogen) atoms. The number of carbonyl (C=O) groups excluding carboxylic acids is 1. The van der Waals surface area contributed by atoms with E-state index in [1.807, 2.05) is 18.2 Å². The number of hydrogen-bond acceptors (Lipinski definition) is 4. The van der Waals surface area contributed by atoms with E-state index in [9.17, 15) is 13.6 Å². The molecule has 1 aliphatic rings. The summed E-state index contributed by atoms with van der Waals surface area (Å²) in [4.78, 5) is 16.5. The SMILES string of the molecule is CC1C=Cc2nc(COc3ccc(F)c(C(N)=O)c3F)sc2C=C1. The zero-order valence-electron chi connectivity index (χ0n) is 12.8. The predicted octanol–water partition coefficient (Wildman–Crippen LogP) is 3.78. The van der Waals surface area contributed by atoms with Crippen LogP contribution in [0.25, 0.3) is 12.2 Å². The highest BCUT2D eigenvalue weighted by Gasteiger charge is 2.19. The van der Waals surface area contributed by atoms with E-state index in [1.54, 1.807) is 0 Å². The highest BCUT2D eigenvalue weighted by molar-refractivity contribution is 7.12. The maximum Gasteiger partial charge on any atom is 0.254 e. The molecule has 2 N–H and O–H groups in total. The number of primary amides is 1. The number of aromatic nitrogens is 1. The monoisotopic (exact) mass is 348 g/mol. The molecule has 0 radical (unpaired) electrons. The molecule has 1 heterocycles. The van der Waals surface area contributed by atoms with Gasteiger partial charge in [-0.3, -0.25) is 4.79 Å². The number of allylic oxidation sites excluding steroid dienone is 2. The number of nitrogens with zero attached hydrogens (tertiary/aromatic N) is 1. The highest BCUT2D eigenvalue weighted by Crippen LogP contribution is 2.28. The quantitative estimate of drug-likeness (QED) is 0.914. The largest absolute Gasteiger partial charge is 0.483 e. The van der Waals surface area contributed by atoms with Crippen molar-refractivity contribution in [2.24, 2.45) is 11.7 Å². The highest BCUT2D eigenvalue weighted by atomic mass is 32.1. The van der Waals surface area contributed by atoms with Gasteiger partial charge in [0.05, 0.1) is 10.6 Å². The lowest BCUT2D eigenvalue weighted by Crippen LogP contribution is -2.16. The second-order valence-corrected chi connectivity index (χ2v) is 6.44. The minimum atomic E-state index is -1.18. The van der Waals surface area contributed by atoms with Crippen LogP contribution in [0.1, 0.15) is 32.9 Å². The molecule has 1 aliphatic carbocycles. The first-order valence-electron chi connectivity index (χ1n) is 7.22. The Kier molecular flexibility index (Phi) is 4.44. The summed E-state index contributed by atoms with van der Waals surface area (Å²) in [6.45, 7) is 2.08. The molecule has 0 saturated carbocycles. The number of rotatable bonds is 4. The topological polar surface area (TPSA) is 65.2 Å². The zero-order valence-corrected chi connectivity index (χ0v) is 13.6. The normalized spacial score (nSPS) is 15.9. The zero-order chi connectivity index (χ0) is 17.3. The van der Waals surface area contributed by atoms with Gasteiger partial charge in [0.1, 0.15) is 23.0 Å². The Hall–Kier alpha value is -2.54. The van der Waals surface area contributed by atoms with Gasteiger partial charge in [-0.2, -0.15) is 0 Å². The van der Waals surface area contributed by atoms with Gasteiger partial charge in [0, 0.05) is 0 Å². The van der Waals surface area contributed by atoms with Crippen molar-refractivity contribution in [1.29, 1.82) is 0 Å². The fourth-order valence-corrected chi connectivity index (χ4v) is 3.13. The van der Waals surface area contributed by atoms with Crippen molar-refractivity contribution in [2.75, 3.05) is 0 Å². The van der Waals surface area contributed by atoms with Crippen LogP contribution in [0.2, 0.25) is 0 Å². The summed E-state index contributed by atoms with van der Waals surface area (Å²) in [6, 6.07) is 2.07. The van der Waals surface area contributed by atoms with Gasteiger partial charge in [-0.15, -0.1) is 11.3 Å². The second kappa shape index (κ2) is 6.52. The summed E-state index contributed by atoms with van der Waals surface area (Å²) in [7, 11) is 0. The summed E-state index contributed by atoms with van der Waals surface area (Å²) in [5, 5.41) is 0.646. The fraction of sp³-hybridized carbons (Fsp3) is 0.176. The molecule has 1 amide bonds. The smallest absolute Gasteiger partial charge is 0.254 e. The van der Waals surface area contributed by atoms with E-state index < -0.39 is 23.1 Å². The summed E-state index contributed by atoms with van der Waals surface area (Å²) in [6.07, 6.45) is 8.02. The Morgan fingerprint density at radius 2 is 2.08 bits per heavy atom. The molecule has 0 spiro atoms. The number of thiazole rings is 1. The second-order valence-electron chi connectivity index (χ2n) is 5.32. The Bertz CT molecular complexity index is 827. The predicted molar refractivity (Wildman–Crippen MR) is 88.6 cm³/mol. The van der Waals surface area contributed by atoms with E-state index in [1.165, 1.54) is 11.3 Å². The van der Waals surface area contributed by atoms with E-state index in [-0.39, 0.29) is 12.4 Å². The first-order chi connectivity index (χ1) is 11.5. The lowest BCUT2D eigenvalue weighted by Gasteiger charge is -2.08. The molecule has 0 fully saturated rings. The molecule has 0 saturated heterocycles. The van der Waals surface area contributed by atoms with Crippen molar-refractivity contribution in [1.82, 2.24) is 4.98 Å². The molecule has 2 aromatic rings. The minimum absolute atomic E-state index is 0.00958. The first kappa shape index (κ1) is 16.3. The van der Waals surface area contributed by atoms with Crippen LogP contribution in [-0.2, 0) is 6.61 Å². The fourth-order valence-electron chi connectivity index (χ4n) is 2.25. The van der Waals surface area contributed by atoms with E-state index in [4.69, 9.17) is 10.5 Å². The van der Waals surface area contributed by atoms with Crippen molar-refractivity contribution >= 4 is 29.4 Å². The number of hydrogen-bond donors (Lipinski definition) is 1. The first-order valence-corrected chi connectivity index (χ1v) is 8.04. The lowest BCUT2D eigenvalue weighted by atomic mass is 10.1. The molecule has 1 aromatic heterocycles. The average Bonchev–Trinajstić information content (AvgIpc) is 2.84. The van der Waals surface area contributed by atoms with Crippen LogP contribution in [0.5, 0.6) is 5.75 Å². The minimum Gasteiger partial charge on any atom is -0.483 e. The third kappa shape index (κ3) is 3.21. The van der Waals surface area contributed by atoms with E-state index >= 15 is 0 Å². The van der Waals surface area contributed by atoms with Gasteiger partial charge >= 0.3 is 0 Å². The number of ether oxygens (including phenoxy) is 1. The number of nitrogens with two attached hydrogens (primary N) is 1. The average molecular weight is 348 g/mol. The molecule has 1 atom stereocenters. The lowest BCUT2D eigenvalue weighted by molar-refractivity contribution is 0.0991. The van der Waals surface area contributed by atoms with Gasteiger partial charge in [0.15, 0.2) is 11.6 Å². The third-order valence-corrected chi connectivity index (χ3v) is 4.50. The Morgan fingerprint density at radius 1 is 1.33 bits per heavy atom. The maximum atomic E-state index is 14.1. The summed E-state index contributed by atoms with van der Waals surface area (Å²) < 4.78 is 32.9. The van der Waals surface area contributed by atoms with Crippen LogP contribution in [-0.4, -0.2) is 10.9 Å². The van der Waals surface area contributed by atoms with Crippen LogP contribution in [0.4, 0.5) is 8.78 Å². The van der Waals surface area contributed by atoms with E-state index in [0.29, 0.717) is 10.9 Å². The Morgan fingerprint density at radius 3 is 2.83 bits per heavy atom. The van der Waals surface area contributed by atoms with Crippen molar-refractivity contribution in [2.45, 2.75) is 13.5 Å². The van der Waals surface area contributed by atoms with Crippen molar-refractivity contribution < 1.29 is 18.3 Å². The molecule has 3 rings (SSSR count). The summed E-state index contributed by atoms with van der Waals surface area (Å²) in [5.41, 5.74) is 5.01. The molecular weight excluding hydrogens is 334 g/mol. The van der Waals surface area contributed by atoms with Crippen LogP contribution < -0.4 is 10.5 Å². The van der Waals surface area contributed by atoms with Gasteiger partial charge in [-0.25, -0.2) is 13.8 Å². The summed E-state index contributed by atoms with van der Waals surface area (Å²) in [5.74, 6) is -3.20. The molecule has 4 nitrogen and oxygen atoms in total. The molecule has 1 unspecified atom stereocenters. The van der Waals surface area contributed by atoms with Crippen LogP contribution in [0.15, 0.2) is 24.3 Å². The van der Waals surface area contributed by atoms with Gasteiger partial charge in [0.25, 0.3) is 5.91 Å². The number of carbonyl (C=O) groups is 1. The third-order valence-electron chi connectivity index (χ3n) is 3.49. The van der Waals surface area contributed by atoms with Crippen LogP contribution in [0, 0.1) is 17.6 Å². The molecule has 124 valence electrons. The number of amides is 1. The number of fused-ring (bicyclic) bond motifs is 1. The maximum absolute atomic E-state index is 14.1. The van der Waals surface area contributed by atoms with Crippen molar-refractivity contribution in [3.8, 4) is 5.75 Å². The molecular formula is C17H14F2N2O2S. The van der Waals surface area contributed by atoms with Crippen molar-refractivity contribution in [3.63, 3.8) is 0 Å². The van der Waals surface area contributed by atoms with Gasteiger partial charge in [0.2, 0.25) is 0 Å². The molecule has 0 bridgehead atoms. The molecule has 1 aromatic carbocycles. The van der Waals surface area contributed by atoms with E-state index in [2.05, 4.69) is 18.0 Å². The molecule has 7 heteroatoms. The van der Waals surface area contributed by atoms with Gasteiger partial charge in [-0.1, -0.05) is 19.1 Å². The number of halogens is 2. The molecule has 0 aliphatic heterocycles. The van der Waals surface area contributed by atoms with Gasteiger partial charge in [-0.05, 0) is 30.2 Å². The van der Waals surface area contributed by atoms with E-state index in [0.717, 1.165) is 22.7 Å². The Balaban J connectivity index is 1.79. The van der Waals surface area contributed by atoms with Gasteiger partial charge < -0.3 is 10.5 Å².